The molecule has 14 heavy (non-hydrogen) atoms. The fourth-order valence-electron chi connectivity index (χ4n) is 0.581. The van der Waals surface area contributed by atoms with Gasteiger partial charge in [-0.1, -0.05) is 0 Å². The average molecular weight is 308 g/mol. The van der Waals surface area contributed by atoms with Crippen LogP contribution in [0.3, 0.4) is 0 Å². The zero-order valence-electron chi connectivity index (χ0n) is 7.93. The van der Waals surface area contributed by atoms with Crippen molar-refractivity contribution in [2.24, 2.45) is 0 Å². The van der Waals surface area contributed by atoms with Crippen molar-refractivity contribution in [3.63, 3.8) is 0 Å². The number of hydrogen-bond donors (Lipinski definition) is 1. The van der Waals surface area contributed by atoms with Crippen molar-refractivity contribution in [1.82, 2.24) is 4.98 Å². The van der Waals surface area contributed by atoms with Gasteiger partial charge in [0, 0.05) is 0 Å². The van der Waals surface area contributed by atoms with Crippen LogP contribution < -0.4 is 24.8 Å². The first-order chi connectivity index (χ1) is 5.00. The molecule has 1 N–H and O–H groups in total. The summed E-state index contributed by atoms with van der Waals surface area (Å²) in [7, 11) is 0. The Bertz CT molecular complexity index is 181. The SMILES string of the molecule is [C-]1=CC=CC1.[CH3-].[Cl-].[Cl-].[Zr+2].[c-]1ccc[nH]1. The molecule has 1 nitrogen and oxygen atoms in total. The zero-order valence-corrected chi connectivity index (χ0v) is 11.9. The second-order valence-electron chi connectivity index (χ2n) is 1.82. The molecule has 1 heterocycles. The third-order valence-corrected chi connectivity index (χ3v) is 1.03. The van der Waals surface area contributed by atoms with Crippen molar-refractivity contribution in [2.75, 3.05) is 0 Å². The maximum atomic E-state index is 2.99. The van der Waals surface area contributed by atoms with E-state index in [4.69, 9.17) is 0 Å². The number of aromatic amines is 1. The summed E-state index contributed by atoms with van der Waals surface area (Å²) in [5, 5.41) is 0. The van der Waals surface area contributed by atoms with Gasteiger partial charge in [0.15, 0.2) is 0 Å². The van der Waals surface area contributed by atoms with Crippen LogP contribution in [0.4, 0.5) is 0 Å². The normalized spacial score (nSPS) is 9.14. The summed E-state index contributed by atoms with van der Waals surface area (Å²) in [5.74, 6) is 0. The molecule has 1 aromatic rings. The molecule has 0 aromatic carbocycles. The molecule has 0 radical (unpaired) electrons. The van der Waals surface area contributed by atoms with E-state index in [9.17, 15) is 0 Å². The van der Waals surface area contributed by atoms with Crippen LogP contribution >= 0.6 is 0 Å². The van der Waals surface area contributed by atoms with E-state index >= 15 is 0 Å². The van der Waals surface area contributed by atoms with E-state index < -0.39 is 0 Å². The molecule has 0 spiro atoms. The van der Waals surface area contributed by atoms with E-state index in [0.717, 1.165) is 6.42 Å². The molecule has 0 amide bonds. The first-order valence-electron chi connectivity index (χ1n) is 3.21. The summed E-state index contributed by atoms with van der Waals surface area (Å²) in [4.78, 5) is 2.74. The molecular weight excluding hydrogens is 296 g/mol. The Morgan fingerprint density at radius 1 is 1.21 bits per heavy atom. The Kier molecular flexibility index (Phi) is 32.1. The minimum Gasteiger partial charge on any atom is -1.00 e. The molecule has 0 aliphatic heterocycles. The van der Waals surface area contributed by atoms with E-state index in [1.807, 2.05) is 30.5 Å². The number of allylic oxidation sites excluding steroid dienone is 4. The topological polar surface area (TPSA) is 15.8 Å². The van der Waals surface area contributed by atoms with Gasteiger partial charge in [0.05, 0.1) is 0 Å². The summed E-state index contributed by atoms with van der Waals surface area (Å²) >= 11 is 0. The van der Waals surface area contributed by atoms with Gasteiger partial charge in [-0.05, 0) is 0 Å². The first kappa shape index (κ1) is 23.8. The zero-order chi connectivity index (χ0) is 7.07. The van der Waals surface area contributed by atoms with Crippen molar-refractivity contribution < 1.29 is 51.0 Å². The van der Waals surface area contributed by atoms with E-state index in [0.29, 0.717) is 0 Å². The number of H-pyrrole nitrogens is 1. The third-order valence-electron chi connectivity index (χ3n) is 1.03. The van der Waals surface area contributed by atoms with E-state index in [2.05, 4.69) is 23.3 Å². The van der Waals surface area contributed by atoms with Crippen LogP contribution in [0.15, 0.2) is 36.6 Å². The Morgan fingerprint density at radius 3 is 2.07 bits per heavy atom. The van der Waals surface area contributed by atoms with Crippen molar-refractivity contribution in [3.8, 4) is 0 Å². The second-order valence-corrected chi connectivity index (χ2v) is 1.82. The third kappa shape index (κ3) is 14.7. The van der Waals surface area contributed by atoms with Gasteiger partial charge in [-0.2, -0.15) is 24.4 Å². The van der Waals surface area contributed by atoms with Gasteiger partial charge in [0.2, 0.25) is 0 Å². The molecule has 0 saturated carbocycles. The van der Waals surface area contributed by atoms with Gasteiger partial charge in [-0.15, -0.1) is 12.6 Å². The van der Waals surface area contributed by atoms with Gasteiger partial charge in [0.25, 0.3) is 0 Å². The summed E-state index contributed by atoms with van der Waals surface area (Å²) in [5.41, 5.74) is 0. The molecule has 0 atom stereocenters. The molecule has 78 valence electrons. The standard InChI is InChI=1S/C5H5.C4H4N.CH3.2ClH.Zr/c2*1-2-4-5-3-1;;;;/h1-3H,4H2;1-3,5H;1H3;2*1H;/q3*-1;;;+2/p-2. The Hall–Kier alpha value is 0.223. The molecule has 4 heteroatoms. The van der Waals surface area contributed by atoms with Gasteiger partial charge >= 0.3 is 26.2 Å². The van der Waals surface area contributed by atoms with Gasteiger partial charge in [-0.3, -0.25) is 6.08 Å². The van der Waals surface area contributed by atoms with E-state index in [-0.39, 0.29) is 58.4 Å². The molecular formula is C10H12Cl2NZr-3. The van der Waals surface area contributed by atoms with Gasteiger partial charge in [0.1, 0.15) is 0 Å². The quantitative estimate of drug-likeness (QED) is 0.481. The van der Waals surface area contributed by atoms with Crippen LogP contribution in [0, 0.1) is 19.7 Å². The van der Waals surface area contributed by atoms with Crippen LogP contribution in [-0.2, 0) is 26.2 Å². The predicted molar refractivity (Wildman–Crippen MR) is 47.6 cm³/mol. The molecule has 0 unspecified atom stereocenters. The Labute approximate surface area is 118 Å². The number of hydrogen-bond acceptors (Lipinski definition) is 0. The van der Waals surface area contributed by atoms with Gasteiger partial charge < -0.3 is 37.2 Å². The van der Waals surface area contributed by atoms with Crippen molar-refractivity contribution in [1.29, 1.82) is 0 Å². The molecule has 2 rings (SSSR count). The summed E-state index contributed by atoms with van der Waals surface area (Å²) in [6.45, 7) is 0. The van der Waals surface area contributed by atoms with Crippen LogP contribution in [0.2, 0.25) is 0 Å². The monoisotopic (exact) mass is 306 g/mol. The fourth-order valence-corrected chi connectivity index (χ4v) is 0.581. The van der Waals surface area contributed by atoms with Crippen molar-refractivity contribution in [3.05, 3.63) is 56.3 Å². The minimum absolute atomic E-state index is 0. The number of rotatable bonds is 0. The van der Waals surface area contributed by atoms with Gasteiger partial charge in [-0.25, -0.2) is 12.2 Å². The molecule has 0 saturated heterocycles. The fraction of sp³-hybridized carbons (Fsp3) is 0.100. The van der Waals surface area contributed by atoms with Crippen LogP contribution in [0.25, 0.3) is 0 Å². The largest absolute Gasteiger partial charge is 2.00 e. The number of nitrogens with one attached hydrogen (secondary N) is 1. The molecule has 1 aliphatic carbocycles. The van der Waals surface area contributed by atoms with Crippen LogP contribution in [-0.4, -0.2) is 4.98 Å². The molecule has 1 aliphatic rings. The van der Waals surface area contributed by atoms with E-state index in [1.165, 1.54) is 0 Å². The predicted octanol–water partition coefficient (Wildman–Crippen LogP) is -3.42. The summed E-state index contributed by atoms with van der Waals surface area (Å²) in [6, 6.07) is 3.71. The van der Waals surface area contributed by atoms with E-state index in [1.54, 1.807) is 0 Å². The maximum absolute atomic E-state index is 2.99. The van der Waals surface area contributed by atoms with Crippen LogP contribution in [0.5, 0.6) is 0 Å². The molecule has 1 aromatic heterocycles. The van der Waals surface area contributed by atoms with Crippen molar-refractivity contribution >= 4 is 0 Å². The maximum Gasteiger partial charge on any atom is 2.00 e. The number of aromatic nitrogens is 1. The van der Waals surface area contributed by atoms with Crippen LogP contribution in [0.1, 0.15) is 6.42 Å². The first-order valence-corrected chi connectivity index (χ1v) is 3.21. The summed E-state index contributed by atoms with van der Waals surface area (Å²) in [6.07, 6.45) is 14.6. The van der Waals surface area contributed by atoms with Crippen molar-refractivity contribution in [2.45, 2.75) is 6.42 Å². The Morgan fingerprint density at radius 2 is 1.93 bits per heavy atom. The smallest absolute Gasteiger partial charge is 1.00 e. The average Bonchev–Trinajstić information content (AvgIpc) is 2.67. The number of halogens is 2. The summed E-state index contributed by atoms with van der Waals surface area (Å²) < 4.78 is 0. The Balaban J connectivity index is -0.0000000556. The molecule has 0 fully saturated rings. The molecule has 0 bridgehead atoms. The minimum atomic E-state index is 0. The second kappa shape index (κ2) is 18.9.